The SMILES string of the molecule is O=C1CCC(N2C(=O)c3cc4c(nc3C2=O)CNC4)C(=O)N1. The second-order valence-electron chi connectivity index (χ2n) is 5.54. The minimum Gasteiger partial charge on any atom is -0.307 e. The highest BCUT2D eigenvalue weighted by Gasteiger charge is 2.46. The number of aromatic nitrogens is 1. The van der Waals surface area contributed by atoms with Crippen molar-refractivity contribution in [3.63, 3.8) is 0 Å². The smallest absolute Gasteiger partial charge is 0.280 e. The van der Waals surface area contributed by atoms with Gasteiger partial charge in [-0.25, -0.2) is 4.98 Å². The van der Waals surface area contributed by atoms with Crippen molar-refractivity contribution < 1.29 is 19.2 Å². The average Bonchev–Trinajstić information content (AvgIpc) is 3.03. The van der Waals surface area contributed by atoms with Crippen LogP contribution in [0, 0.1) is 0 Å². The van der Waals surface area contributed by atoms with E-state index < -0.39 is 23.8 Å². The summed E-state index contributed by atoms with van der Waals surface area (Å²) in [5, 5.41) is 5.27. The van der Waals surface area contributed by atoms with Gasteiger partial charge in [-0.3, -0.25) is 29.4 Å². The molecule has 112 valence electrons. The van der Waals surface area contributed by atoms with Gasteiger partial charge in [-0.15, -0.1) is 0 Å². The molecule has 1 aromatic heterocycles. The zero-order valence-corrected chi connectivity index (χ0v) is 11.5. The first-order valence-electron chi connectivity index (χ1n) is 7.01. The largest absolute Gasteiger partial charge is 0.307 e. The lowest BCUT2D eigenvalue weighted by Crippen LogP contribution is -2.54. The molecule has 4 rings (SSSR count). The monoisotopic (exact) mass is 300 g/mol. The van der Waals surface area contributed by atoms with Crippen molar-refractivity contribution in [2.75, 3.05) is 0 Å². The van der Waals surface area contributed by atoms with Crippen molar-refractivity contribution in [1.29, 1.82) is 0 Å². The summed E-state index contributed by atoms with van der Waals surface area (Å²) < 4.78 is 0. The third-order valence-electron chi connectivity index (χ3n) is 4.19. The van der Waals surface area contributed by atoms with Crippen molar-refractivity contribution >= 4 is 23.6 Å². The van der Waals surface area contributed by atoms with Crippen molar-refractivity contribution in [3.8, 4) is 0 Å². The molecule has 8 heteroatoms. The van der Waals surface area contributed by atoms with Crippen LogP contribution in [0.3, 0.4) is 0 Å². The van der Waals surface area contributed by atoms with Gasteiger partial charge in [0.1, 0.15) is 11.7 Å². The lowest BCUT2D eigenvalue weighted by atomic mass is 10.0. The third-order valence-corrected chi connectivity index (χ3v) is 4.19. The zero-order chi connectivity index (χ0) is 15.4. The third kappa shape index (κ3) is 1.70. The molecule has 1 unspecified atom stereocenters. The van der Waals surface area contributed by atoms with Crippen molar-refractivity contribution in [2.24, 2.45) is 0 Å². The Kier molecular flexibility index (Phi) is 2.64. The van der Waals surface area contributed by atoms with Gasteiger partial charge in [0, 0.05) is 19.5 Å². The summed E-state index contributed by atoms with van der Waals surface area (Å²) in [6.45, 7) is 1.16. The maximum absolute atomic E-state index is 12.5. The normalized spacial score (nSPS) is 23.6. The molecule has 1 fully saturated rings. The van der Waals surface area contributed by atoms with Crippen LogP contribution < -0.4 is 10.6 Å². The maximum Gasteiger partial charge on any atom is 0.280 e. The van der Waals surface area contributed by atoms with Crippen LogP contribution in [-0.2, 0) is 22.7 Å². The number of nitrogens with zero attached hydrogens (tertiary/aromatic N) is 2. The van der Waals surface area contributed by atoms with E-state index in [2.05, 4.69) is 15.6 Å². The number of carbonyl (C=O) groups excluding carboxylic acids is 4. The van der Waals surface area contributed by atoms with E-state index in [1.54, 1.807) is 6.07 Å². The molecule has 3 aliphatic heterocycles. The number of piperidine rings is 1. The summed E-state index contributed by atoms with van der Waals surface area (Å²) in [7, 11) is 0. The molecule has 0 radical (unpaired) electrons. The molecule has 0 aliphatic carbocycles. The molecule has 0 spiro atoms. The molecule has 1 aromatic rings. The summed E-state index contributed by atoms with van der Waals surface area (Å²) in [6.07, 6.45) is 0.259. The van der Waals surface area contributed by atoms with Gasteiger partial charge in [-0.2, -0.15) is 0 Å². The Balaban J connectivity index is 1.72. The van der Waals surface area contributed by atoms with Crippen LogP contribution in [0.25, 0.3) is 0 Å². The van der Waals surface area contributed by atoms with Gasteiger partial charge in [0.05, 0.1) is 11.3 Å². The minimum absolute atomic E-state index is 0.0946. The van der Waals surface area contributed by atoms with Crippen molar-refractivity contribution in [3.05, 3.63) is 28.6 Å². The van der Waals surface area contributed by atoms with Gasteiger partial charge in [-0.1, -0.05) is 0 Å². The molecule has 8 nitrogen and oxygen atoms in total. The molecule has 22 heavy (non-hydrogen) atoms. The fraction of sp³-hybridized carbons (Fsp3) is 0.357. The molecule has 4 amide bonds. The number of hydrogen-bond acceptors (Lipinski definition) is 6. The highest BCUT2D eigenvalue weighted by molar-refractivity contribution is 6.22. The Morgan fingerprint density at radius 2 is 1.95 bits per heavy atom. The zero-order valence-electron chi connectivity index (χ0n) is 11.5. The number of hydrogen-bond donors (Lipinski definition) is 2. The number of pyridine rings is 1. The standard InChI is InChI=1S/C14H12N4O4/c19-10-2-1-9(12(20)17-10)18-13(21)7-3-6-4-15-5-8(6)16-11(7)14(18)22/h3,9,15H,1-2,4-5H2,(H,17,19,20). The Hall–Kier alpha value is -2.61. The van der Waals surface area contributed by atoms with E-state index in [1.165, 1.54) is 0 Å². The molecule has 0 aromatic carbocycles. The highest BCUT2D eigenvalue weighted by atomic mass is 16.2. The molecule has 1 atom stereocenters. The fourth-order valence-corrected chi connectivity index (χ4v) is 3.09. The van der Waals surface area contributed by atoms with Crippen LogP contribution in [0.15, 0.2) is 6.07 Å². The second-order valence-corrected chi connectivity index (χ2v) is 5.54. The van der Waals surface area contributed by atoms with E-state index in [1.807, 2.05) is 0 Å². The summed E-state index contributed by atoms with van der Waals surface area (Å²) in [5.74, 6) is -2.08. The van der Waals surface area contributed by atoms with Gasteiger partial charge in [-0.05, 0) is 18.1 Å². The number of imide groups is 2. The molecular weight excluding hydrogens is 288 g/mol. The lowest BCUT2D eigenvalue weighted by Gasteiger charge is -2.27. The summed E-state index contributed by atoms with van der Waals surface area (Å²) >= 11 is 0. The average molecular weight is 300 g/mol. The Morgan fingerprint density at radius 1 is 1.14 bits per heavy atom. The summed E-state index contributed by atoms with van der Waals surface area (Å²) in [5.41, 5.74) is 1.98. The highest BCUT2D eigenvalue weighted by Crippen LogP contribution is 2.29. The van der Waals surface area contributed by atoms with Crippen LogP contribution in [0.5, 0.6) is 0 Å². The number of carbonyl (C=O) groups is 4. The van der Waals surface area contributed by atoms with Crippen LogP contribution >= 0.6 is 0 Å². The number of amides is 4. The van der Waals surface area contributed by atoms with E-state index in [9.17, 15) is 19.2 Å². The topological polar surface area (TPSA) is 108 Å². The molecule has 2 N–H and O–H groups in total. The van der Waals surface area contributed by atoms with E-state index in [0.717, 1.165) is 16.2 Å². The predicted octanol–water partition coefficient (Wildman–Crippen LogP) is -0.914. The fourth-order valence-electron chi connectivity index (χ4n) is 3.09. The Morgan fingerprint density at radius 3 is 2.73 bits per heavy atom. The predicted molar refractivity (Wildman–Crippen MR) is 71.5 cm³/mol. The molecule has 1 saturated heterocycles. The van der Waals surface area contributed by atoms with Gasteiger partial charge in [0.15, 0.2) is 0 Å². The van der Waals surface area contributed by atoms with E-state index in [4.69, 9.17) is 0 Å². The molecule has 0 saturated carbocycles. The number of rotatable bonds is 1. The van der Waals surface area contributed by atoms with E-state index in [0.29, 0.717) is 13.1 Å². The van der Waals surface area contributed by atoms with Crippen LogP contribution in [0.1, 0.15) is 44.9 Å². The second kappa shape index (κ2) is 4.44. The molecule has 4 heterocycles. The Labute approximate surface area is 124 Å². The van der Waals surface area contributed by atoms with Crippen LogP contribution in [-0.4, -0.2) is 39.6 Å². The summed E-state index contributed by atoms with van der Waals surface area (Å²) in [6, 6.07) is 0.726. The van der Waals surface area contributed by atoms with Gasteiger partial charge < -0.3 is 5.32 Å². The number of fused-ring (bicyclic) bond motifs is 2. The van der Waals surface area contributed by atoms with Gasteiger partial charge in [0.2, 0.25) is 11.8 Å². The van der Waals surface area contributed by atoms with Crippen LogP contribution in [0.4, 0.5) is 0 Å². The number of nitrogens with one attached hydrogen (secondary N) is 2. The molecule has 0 bridgehead atoms. The van der Waals surface area contributed by atoms with Crippen LogP contribution in [0.2, 0.25) is 0 Å². The van der Waals surface area contributed by atoms with Gasteiger partial charge in [0.25, 0.3) is 11.8 Å². The van der Waals surface area contributed by atoms with E-state index in [-0.39, 0.29) is 30.0 Å². The van der Waals surface area contributed by atoms with Crippen molar-refractivity contribution in [1.82, 2.24) is 20.5 Å². The minimum atomic E-state index is -0.945. The first kappa shape index (κ1) is 13.1. The molecule has 3 aliphatic rings. The summed E-state index contributed by atoms with van der Waals surface area (Å²) in [4.78, 5) is 53.4. The lowest BCUT2D eigenvalue weighted by molar-refractivity contribution is -0.136. The van der Waals surface area contributed by atoms with E-state index >= 15 is 0 Å². The first-order valence-corrected chi connectivity index (χ1v) is 7.01. The van der Waals surface area contributed by atoms with Crippen molar-refractivity contribution in [2.45, 2.75) is 32.0 Å². The maximum atomic E-state index is 12.5. The van der Waals surface area contributed by atoms with Gasteiger partial charge >= 0.3 is 0 Å². The Bertz CT molecular complexity index is 714. The quantitative estimate of drug-likeness (QED) is 0.650. The molecular formula is C14H12N4O4. The first-order chi connectivity index (χ1) is 10.6.